The molecule has 0 saturated carbocycles. The molecular formula is C15H32N2. The monoisotopic (exact) mass is 240 g/mol. The predicted molar refractivity (Wildman–Crippen MR) is 76.1 cm³/mol. The lowest BCUT2D eigenvalue weighted by molar-refractivity contribution is 0.0455. The number of nitrogens with zero attached hydrogens (tertiary/aromatic N) is 1. The maximum absolute atomic E-state index is 6.36. The van der Waals surface area contributed by atoms with Crippen LogP contribution in [0.3, 0.4) is 0 Å². The number of piperidine rings is 1. The van der Waals surface area contributed by atoms with Crippen LogP contribution in [0.25, 0.3) is 0 Å². The highest BCUT2D eigenvalue weighted by Gasteiger charge is 2.35. The summed E-state index contributed by atoms with van der Waals surface area (Å²) < 4.78 is 0. The topological polar surface area (TPSA) is 29.3 Å². The average Bonchev–Trinajstić information content (AvgIpc) is 2.28. The standard InChI is InChI=1S/C15H32N2/c1-6-12-8-10-17(11-9-12)14(13(16)7-2)15(3,4)5/h12-14H,6-11,16H2,1-5H3. The zero-order chi connectivity index (χ0) is 13.1. The largest absolute Gasteiger partial charge is 0.326 e. The highest BCUT2D eigenvalue weighted by atomic mass is 15.2. The second kappa shape index (κ2) is 6.19. The quantitative estimate of drug-likeness (QED) is 0.817. The van der Waals surface area contributed by atoms with Crippen LogP contribution in [0.4, 0.5) is 0 Å². The van der Waals surface area contributed by atoms with Crippen LogP contribution in [0.5, 0.6) is 0 Å². The molecule has 2 heteroatoms. The predicted octanol–water partition coefficient (Wildman–Crippen LogP) is 3.26. The van der Waals surface area contributed by atoms with E-state index in [2.05, 4.69) is 39.5 Å². The Morgan fingerprint density at radius 2 is 1.71 bits per heavy atom. The van der Waals surface area contributed by atoms with Crippen molar-refractivity contribution in [1.82, 2.24) is 4.90 Å². The van der Waals surface area contributed by atoms with Crippen LogP contribution in [-0.4, -0.2) is 30.1 Å². The highest BCUT2D eigenvalue weighted by molar-refractivity contribution is 4.92. The first-order valence-electron chi connectivity index (χ1n) is 7.39. The third-order valence-electron chi connectivity index (χ3n) is 4.38. The van der Waals surface area contributed by atoms with E-state index in [1.54, 1.807) is 0 Å². The Balaban J connectivity index is 2.66. The Hall–Kier alpha value is -0.0800. The summed E-state index contributed by atoms with van der Waals surface area (Å²) in [4.78, 5) is 2.65. The van der Waals surface area contributed by atoms with E-state index < -0.39 is 0 Å². The molecule has 102 valence electrons. The molecule has 1 aliphatic rings. The van der Waals surface area contributed by atoms with Gasteiger partial charge in [-0.2, -0.15) is 0 Å². The second-order valence-electron chi connectivity index (χ2n) is 6.77. The lowest BCUT2D eigenvalue weighted by Gasteiger charge is -2.46. The van der Waals surface area contributed by atoms with Crippen molar-refractivity contribution in [2.24, 2.45) is 17.1 Å². The van der Waals surface area contributed by atoms with Gasteiger partial charge < -0.3 is 5.73 Å². The van der Waals surface area contributed by atoms with Gasteiger partial charge in [0.1, 0.15) is 0 Å². The van der Waals surface area contributed by atoms with E-state index in [4.69, 9.17) is 5.73 Å². The molecule has 0 aromatic heterocycles. The summed E-state index contributed by atoms with van der Waals surface area (Å²) in [5, 5.41) is 0. The van der Waals surface area contributed by atoms with Gasteiger partial charge in [-0.25, -0.2) is 0 Å². The molecule has 2 nitrogen and oxygen atoms in total. The van der Waals surface area contributed by atoms with Crippen molar-refractivity contribution in [3.8, 4) is 0 Å². The minimum Gasteiger partial charge on any atom is -0.326 e. The Morgan fingerprint density at radius 1 is 1.18 bits per heavy atom. The van der Waals surface area contributed by atoms with Gasteiger partial charge in [0.25, 0.3) is 0 Å². The van der Waals surface area contributed by atoms with Crippen LogP contribution in [0, 0.1) is 11.3 Å². The fourth-order valence-corrected chi connectivity index (χ4v) is 3.32. The smallest absolute Gasteiger partial charge is 0.0295 e. The Morgan fingerprint density at radius 3 is 2.06 bits per heavy atom. The maximum Gasteiger partial charge on any atom is 0.0295 e. The van der Waals surface area contributed by atoms with Crippen LogP contribution < -0.4 is 5.73 Å². The SMILES string of the molecule is CCC1CCN(C(C(N)CC)C(C)(C)C)CC1. The van der Waals surface area contributed by atoms with E-state index in [1.807, 2.05) is 0 Å². The lowest BCUT2D eigenvalue weighted by Crippen LogP contribution is -2.56. The van der Waals surface area contributed by atoms with Gasteiger partial charge in [0.05, 0.1) is 0 Å². The number of hydrogen-bond donors (Lipinski definition) is 1. The van der Waals surface area contributed by atoms with Gasteiger partial charge in [-0.3, -0.25) is 4.90 Å². The van der Waals surface area contributed by atoms with E-state index in [0.717, 1.165) is 12.3 Å². The van der Waals surface area contributed by atoms with Crippen LogP contribution in [0.1, 0.15) is 60.3 Å². The molecule has 0 aliphatic carbocycles. The Labute approximate surface area is 108 Å². The van der Waals surface area contributed by atoms with Gasteiger partial charge in [-0.1, -0.05) is 41.0 Å². The molecule has 2 unspecified atom stereocenters. The van der Waals surface area contributed by atoms with Gasteiger partial charge in [0.15, 0.2) is 0 Å². The summed E-state index contributed by atoms with van der Waals surface area (Å²) in [6.07, 6.45) is 5.14. The first kappa shape index (κ1) is 15.0. The fraction of sp³-hybridized carbons (Fsp3) is 1.00. The average molecular weight is 240 g/mol. The highest BCUT2D eigenvalue weighted by Crippen LogP contribution is 2.31. The van der Waals surface area contributed by atoms with Crippen molar-refractivity contribution in [2.45, 2.75) is 72.4 Å². The van der Waals surface area contributed by atoms with Crippen LogP contribution in [-0.2, 0) is 0 Å². The fourth-order valence-electron chi connectivity index (χ4n) is 3.32. The minimum absolute atomic E-state index is 0.286. The van der Waals surface area contributed by atoms with E-state index in [-0.39, 0.29) is 5.41 Å². The molecule has 17 heavy (non-hydrogen) atoms. The van der Waals surface area contributed by atoms with E-state index >= 15 is 0 Å². The number of rotatable bonds is 4. The Kier molecular flexibility index (Phi) is 5.46. The first-order chi connectivity index (χ1) is 7.90. The first-order valence-corrected chi connectivity index (χ1v) is 7.39. The zero-order valence-corrected chi connectivity index (χ0v) is 12.5. The minimum atomic E-state index is 0.286. The van der Waals surface area contributed by atoms with Crippen molar-refractivity contribution in [3.05, 3.63) is 0 Å². The van der Waals surface area contributed by atoms with Gasteiger partial charge in [-0.15, -0.1) is 0 Å². The van der Waals surface area contributed by atoms with Crippen molar-refractivity contribution < 1.29 is 0 Å². The zero-order valence-electron chi connectivity index (χ0n) is 12.5. The summed E-state index contributed by atoms with van der Waals surface area (Å²) in [5.41, 5.74) is 6.65. The third kappa shape index (κ3) is 3.96. The number of nitrogens with two attached hydrogens (primary N) is 1. The molecule has 1 aliphatic heterocycles. The van der Waals surface area contributed by atoms with Gasteiger partial charge in [0.2, 0.25) is 0 Å². The van der Waals surface area contributed by atoms with Crippen LogP contribution >= 0.6 is 0 Å². The van der Waals surface area contributed by atoms with Gasteiger partial charge in [-0.05, 0) is 43.7 Å². The molecular weight excluding hydrogens is 208 g/mol. The molecule has 1 heterocycles. The molecule has 0 aromatic carbocycles. The van der Waals surface area contributed by atoms with Crippen molar-refractivity contribution >= 4 is 0 Å². The normalized spacial score (nSPS) is 23.6. The molecule has 2 atom stereocenters. The lowest BCUT2D eigenvalue weighted by atomic mass is 9.79. The van der Waals surface area contributed by atoms with Gasteiger partial charge in [0, 0.05) is 12.1 Å². The van der Waals surface area contributed by atoms with Crippen LogP contribution in [0.2, 0.25) is 0 Å². The van der Waals surface area contributed by atoms with Crippen molar-refractivity contribution in [2.75, 3.05) is 13.1 Å². The molecule has 0 spiro atoms. The summed E-state index contributed by atoms with van der Waals surface area (Å²) in [5.74, 6) is 0.949. The van der Waals surface area contributed by atoms with E-state index in [1.165, 1.54) is 32.4 Å². The second-order valence-corrected chi connectivity index (χ2v) is 6.77. The maximum atomic E-state index is 6.36. The summed E-state index contributed by atoms with van der Waals surface area (Å²) >= 11 is 0. The van der Waals surface area contributed by atoms with Crippen molar-refractivity contribution in [1.29, 1.82) is 0 Å². The summed E-state index contributed by atoms with van der Waals surface area (Å²) in [6, 6.07) is 0.846. The number of hydrogen-bond acceptors (Lipinski definition) is 2. The summed E-state index contributed by atoms with van der Waals surface area (Å²) in [7, 11) is 0. The summed E-state index contributed by atoms with van der Waals surface area (Å²) in [6.45, 7) is 14.0. The molecule has 1 fully saturated rings. The van der Waals surface area contributed by atoms with Gasteiger partial charge >= 0.3 is 0 Å². The molecule has 2 N–H and O–H groups in total. The molecule has 1 saturated heterocycles. The van der Waals surface area contributed by atoms with Crippen LogP contribution in [0.15, 0.2) is 0 Å². The van der Waals surface area contributed by atoms with E-state index in [0.29, 0.717) is 12.1 Å². The third-order valence-corrected chi connectivity index (χ3v) is 4.38. The molecule has 0 radical (unpaired) electrons. The van der Waals surface area contributed by atoms with E-state index in [9.17, 15) is 0 Å². The Bertz CT molecular complexity index is 211. The van der Waals surface area contributed by atoms with Crippen molar-refractivity contribution in [3.63, 3.8) is 0 Å². The molecule has 0 aromatic rings. The molecule has 0 amide bonds. The number of likely N-dealkylation sites (tertiary alicyclic amines) is 1. The molecule has 1 rings (SSSR count). The molecule has 0 bridgehead atoms.